The van der Waals surface area contributed by atoms with Gasteiger partial charge in [-0.15, -0.1) is 4.55 Å². The highest BCUT2D eigenvalue weighted by molar-refractivity contribution is 14.1. The van der Waals surface area contributed by atoms with Crippen LogP contribution >= 0.6 is 18.9 Å². The van der Waals surface area contributed by atoms with Gasteiger partial charge in [0, 0.05) is 0 Å². The molecule has 0 nitrogen and oxygen atoms in total. The van der Waals surface area contributed by atoms with Crippen LogP contribution in [0.1, 0.15) is 79.6 Å². The highest BCUT2D eigenvalue weighted by Crippen LogP contribution is 2.27. The van der Waals surface area contributed by atoms with Crippen LogP contribution in [0.4, 0.5) is 0 Å². The maximum absolute atomic E-state index is 2.63. The van der Waals surface area contributed by atoms with E-state index in [-0.39, 0.29) is 16.5 Å². The van der Waals surface area contributed by atoms with Gasteiger partial charge in [-0.05, 0) is 42.9 Å². The second kappa shape index (κ2) is 13.2. The number of hydrogen-bond donors (Lipinski definition) is 0. The minimum absolute atomic E-state index is 0.278. The predicted octanol–water partition coefficient (Wildman–Crippen LogP) is 6.75. The van der Waals surface area contributed by atoms with Crippen molar-refractivity contribution in [2.75, 3.05) is 0 Å². The summed E-state index contributed by atoms with van der Waals surface area (Å²) in [5, 5.41) is 0. The zero-order valence-corrected chi connectivity index (χ0v) is 17.6. The van der Waals surface area contributed by atoms with E-state index in [4.69, 9.17) is 0 Å². The molecule has 0 radical (unpaired) electrons. The lowest BCUT2D eigenvalue weighted by molar-refractivity contribution is 0.295. The molecule has 4 atom stereocenters. The molecule has 0 rings (SSSR count). The van der Waals surface area contributed by atoms with Gasteiger partial charge >= 0.3 is 16.5 Å². The fourth-order valence-electron chi connectivity index (χ4n) is 3.57. The summed E-state index contributed by atoms with van der Waals surface area (Å²) in [5.41, 5.74) is 0. The molecule has 0 aromatic carbocycles. The molecule has 0 aromatic rings. The van der Waals surface area contributed by atoms with Crippen LogP contribution in [0.3, 0.4) is 0 Å². The Morgan fingerprint density at radius 1 is 0.789 bits per heavy atom. The molecular weight excluding hydrogens is 355 g/mol. The molecule has 0 N–H and O–H groups in total. The molecule has 2 heteroatoms. The van der Waals surface area contributed by atoms with Gasteiger partial charge in [0.1, 0.15) is 0 Å². The highest BCUT2D eigenvalue weighted by Gasteiger charge is 2.14. The second-order valence-electron chi connectivity index (χ2n) is 7.10. The van der Waals surface area contributed by atoms with Crippen LogP contribution in [0.2, 0.25) is 4.55 Å². The number of rotatable bonds is 12. The van der Waals surface area contributed by atoms with Gasteiger partial charge in [-0.2, -0.15) is 0 Å². The zero-order valence-electron chi connectivity index (χ0n) is 14.1. The fourth-order valence-corrected chi connectivity index (χ4v) is 5.66. The Hall–Kier alpha value is 1.50. The van der Waals surface area contributed by atoms with Crippen LogP contribution in [0, 0.1) is 23.7 Å². The van der Waals surface area contributed by atoms with Crippen molar-refractivity contribution in [3.05, 3.63) is 0 Å². The molecule has 0 heterocycles. The monoisotopic (exact) mass is 390 g/mol. The molecule has 19 heavy (non-hydrogen) atoms. The lowest BCUT2D eigenvalue weighted by Crippen LogP contribution is -2.10. The minimum atomic E-state index is 0.278. The zero-order chi connectivity index (χ0) is 14.7. The molecule has 4 unspecified atom stereocenters. The summed E-state index contributed by atoms with van der Waals surface area (Å²) in [7, 11) is 0. The molecular formula is C17H35IMg. The second-order valence-corrected chi connectivity index (χ2v) is 11.4. The third-order valence-electron chi connectivity index (χ3n) is 4.28. The topological polar surface area (TPSA) is 0 Å². The van der Waals surface area contributed by atoms with Gasteiger partial charge < -0.3 is 18.9 Å². The first-order valence-electron chi connectivity index (χ1n) is 8.55. The molecule has 0 aromatic heterocycles. The molecule has 0 spiro atoms. The summed E-state index contributed by atoms with van der Waals surface area (Å²) in [6, 6.07) is 0. The SMILES string of the molecule is CCCC(C)CC(C)CC(C)CC(C)CC[CH2][Mg][I]. The predicted molar refractivity (Wildman–Crippen MR) is 99.2 cm³/mol. The Morgan fingerprint density at radius 3 is 1.74 bits per heavy atom. The first-order chi connectivity index (χ1) is 8.99. The summed E-state index contributed by atoms with van der Waals surface area (Å²) >= 11 is 2.91. The van der Waals surface area contributed by atoms with Gasteiger partial charge in [-0.1, -0.05) is 60.3 Å². The van der Waals surface area contributed by atoms with Gasteiger partial charge in [0.25, 0.3) is 0 Å². The van der Waals surface area contributed by atoms with E-state index in [1.807, 2.05) is 0 Å². The van der Waals surface area contributed by atoms with E-state index in [0.29, 0.717) is 0 Å². The van der Waals surface area contributed by atoms with E-state index in [1.165, 1.54) is 44.9 Å². The Kier molecular flexibility index (Phi) is 14.2. The Balaban J connectivity index is 3.73. The summed E-state index contributed by atoms with van der Waals surface area (Å²) in [6.45, 7) is 12.2. The van der Waals surface area contributed by atoms with Crippen LogP contribution in [-0.4, -0.2) is 16.5 Å². The summed E-state index contributed by atoms with van der Waals surface area (Å²) in [5.74, 6) is 3.73. The molecule has 112 valence electrons. The maximum Gasteiger partial charge on any atom is 0.463 e. The molecule has 0 aliphatic heterocycles. The highest BCUT2D eigenvalue weighted by atomic mass is 127. The van der Waals surface area contributed by atoms with E-state index in [2.05, 4.69) is 53.5 Å². The van der Waals surface area contributed by atoms with E-state index < -0.39 is 0 Å². The van der Waals surface area contributed by atoms with E-state index in [9.17, 15) is 0 Å². The largest absolute Gasteiger partial charge is 0.463 e. The Labute approximate surface area is 142 Å². The maximum atomic E-state index is 2.63. The Bertz CT molecular complexity index is 196. The minimum Gasteiger partial charge on any atom is -0.301 e. The van der Waals surface area contributed by atoms with Gasteiger partial charge in [0.05, 0.1) is 0 Å². The quantitative estimate of drug-likeness (QED) is 0.196. The lowest BCUT2D eigenvalue weighted by atomic mass is 9.84. The third kappa shape index (κ3) is 12.9. The average molecular weight is 391 g/mol. The van der Waals surface area contributed by atoms with Gasteiger partial charge in [-0.25, -0.2) is 0 Å². The normalized spacial score (nSPS) is 17.6. The van der Waals surface area contributed by atoms with Crippen LogP contribution < -0.4 is 0 Å². The summed E-state index contributed by atoms with van der Waals surface area (Å²) < 4.78 is 1.55. The molecule has 0 bridgehead atoms. The van der Waals surface area contributed by atoms with Gasteiger partial charge in [0.2, 0.25) is 0 Å². The smallest absolute Gasteiger partial charge is 0.301 e. The van der Waals surface area contributed by atoms with Gasteiger partial charge in [-0.3, -0.25) is 0 Å². The standard InChI is InChI=1S/C17H35.HI.Mg/c1-7-9-14(3)11-16(5)13-17(6)12-15(4)10-8-2;;/h14-17H,1,7-13H2,2-6H3;1H;/q;;+1/p-1. The van der Waals surface area contributed by atoms with E-state index >= 15 is 0 Å². The van der Waals surface area contributed by atoms with Crippen molar-refractivity contribution in [1.29, 1.82) is 0 Å². The van der Waals surface area contributed by atoms with E-state index in [0.717, 1.165) is 23.7 Å². The van der Waals surface area contributed by atoms with Crippen molar-refractivity contribution in [2.45, 2.75) is 84.1 Å². The van der Waals surface area contributed by atoms with Crippen molar-refractivity contribution >= 4 is 35.3 Å². The molecule has 0 saturated heterocycles. The first kappa shape index (κ1) is 20.5. The fraction of sp³-hybridized carbons (Fsp3) is 1.00. The average Bonchev–Trinajstić information content (AvgIpc) is 2.28. The summed E-state index contributed by atoms with van der Waals surface area (Å²) in [6.07, 6.45) is 10.1. The van der Waals surface area contributed by atoms with Crippen molar-refractivity contribution in [3.63, 3.8) is 0 Å². The first-order valence-corrected chi connectivity index (χ1v) is 14.7. The van der Waals surface area contributed by atoms with Crippen molar-refractivity contribution in [1.82, 2.24) is 0 Å². The molecule has 0 aliphatic rings. The number of hydrogen-bond acceptors (Lipinski definition) is 0. The molecule has 0 aliphatic carbocycles. The van der Waals surface area contributed by atoms with Gasteiger partial charge in [0.15, 0.2) is 0 Å². The molecule has 0 amide bonds. The molecule has 0 fully saturated rings. The van der Waals surface area contributed by atoms with Crippen molar-refractivity contribution in [3.8, 4) is 0 Å². The Morgan fingerprint density at radius 2 is 1.26 bits per heavy atom. The van der Waals surface area contributed by atoms with Crippen LogP contribution in [0.25, 0.3) is 0 Å². The third-order valence-corrected chi connectivity index (χ3v) is 7.33. The number of halogens is 1. The summed E-state index contributed by atoms with van der Waals surface area (Å²) in [4.78, 5) is 0. The van der Waals surface area contributed by atoms with Crippen LogP contribution in [-0.2, 0) is 0 Å². The van der Waals surface area contributed by atoms with E-state index in [1.54, 1.807) is 4.55 Å². The van der Waals surface area contributed by atoms with Crippen LogP contribution in [0.5, 0.6) is 0 Å². The van der Waals surface area contributed by atoms with Crippen molar-refractivity contribution < 1.29 is 0 Å². The lowest BCUT2D eigenvalue weighted by Gasteiger charge is -2.22. The molecule has 0 saturated carbocycles. The van der Waals surface area contributed by atoms with Crippen LogP contribution in [0.15, 0.2) is 0 Å². The van der Waals surface area contributed by atoms with Crippen molar-refractivity contribution in [2.24, 2.45) is 23.7 Å².